The van der Waals surface area contributed by atoms with Gasteiger partial charge in [-0.1, -0.05) is 5.46 Å². The largest absolute Gasteiger partial charge is 0.305 e. The summed E-state index contributed by atoms with van der Waals surface area (Å²) in [6.45, 7) is 3.88. The van der Waals surface area contributed by atoms with Crippen molar-refractivity contribution in [3.8, 4) is 17.3 Å². The Labute approximate surface area is 128 Å². The van der Waals surface area contributed by atoms with Gasteiger partial charge in [-0.15, -0.1) is 0 Å². The van der Waals surface area contributed by atoms with Crippen molar-refractivity contribution in [2.75, 3.05) is 0 Å². The van der Waals surface area contributed by atoms with Crippen molar-refractivity contribution in [3.05, 3.63) is 42.0 Å². The van der Waals surface area contributed by atoms with Crippen LogP contribution in [0.1, 0.15) is 18.2 Å². The minimum atomic E-state index is 0.546. The molecule has 0 unspecified atom stereocenters. The maximum absolute atomic E-state index is 9.36. The van der Waals surface area contributed by atoms with Gasteiger partial charge in [-0.05, 0) is 31.6 Å². The van der Waals surface area contributed by atoms with Crippen LogP contribution in [-0.4, -0.2) is 27.3 Å². The molecule has 0 spiro atoms. The van der Waals surface area contributed by atoms with Gasteiger partial charge >= 0.3 is 0 Å². The van der Waals surface area contributed by atoms with E-state index >= 15 is 0 Å². The first kappa shape index (κ1) is 12.8. The number of pyridine rings is 2. The molecule has 103 valence electrons. The van der Waals surface area contributed by atoms with Crippen LogP contribution in [0.3, 0.4) is 0 Å². The molecule has 0 N–H and O–H groups in total. The number of aliphatic imine (C=N–C) groups is 1. The van der Waals surface area contributed by atoms with Crippen LogP contribution in [0, 0.1) is 18.3 Å². The predicted octanol–water partition coefficient (Wildman–Crippen LogP) is 1.97. The molecular weight excluding hydrogens is 273 g/mol. The maximum atomic E-state index is 9.36. The zero-order valence-electron chi connectivity index (χ0n) is 12.2. The van der Waals surface area contributed by atoms with Gasteiger partial charge in [0.1, 0.15) is 6.07 Å². The predicted molar refractivity (Wildman–Crippen MR) is 86.0 cm³/mol. The Morgan fingerprint density at radius 3 is 2.91 bits per heavy atom. The first-order chi connectivity index (χ1) is 10.6. The lowest BCUT2D eigenvalue weighted by Crippen LogP contribution is -2.16. The third kappa shape index (κ3) is 1.91. The van der Waals surface area contributed by atoms with Crippen molar-refractivity contribution in [2.24, 2.45) is 4.99 Å². The SMILES string of the molecule is CC1=Nc2cnc(-c3cc(C#N)c4nc(C)cn4c3)cc2[B]1. The summed E-state index contributed by atoms with van der Waals surface area (Å²) >= 11 is 0. The second kappa shape index (κ2) is 4.53. The molecule has 22 heavy (non-hydrogen) atoms. The average Bonchev–Trinajstić information content (AvgIpc) is 3.05. The van der Waals surface area contributed by atoms with Gasteiger partial charge in [-0.2, -0.15) is 5.26 Å². The van der Waals surface area contributed by atoms with Crippen LogP contribution in [0.15, 0.2) is 35.7 Å². The third-order valence-electron chi connectivity index (χ3n) is 3.66. The Bertz CT molecular complexity index is 994. The Morgan fingerprint density at radius 2 is 2.09 bits per heavy atom. The van der Waals surface area contributed by atoms with Crippen LogP contribution in [0.2, 0.25) is 0 Å². The lowest BCUT2D eigenvalue weighted by Gasteiger charge is -2.05. The van der Waals surface area contributed by atoms with E-state index in [1.807, 2.05) is 50.1 Å². The molecule has 0 saturated heterocycles. The van der Waals surface area contributed by atoms with Crippen molar-refractivity contribution in [3.63, 3.8) is 0 Å². The zero-order chi connectivity index (χ0) is 15.3. The lowest BCUT2D eigenvalue weighted by atomic mass is 9.68. The molecule has 6 heteroatoms. The van der Waals surface area contributed by atoms with Gasteiger partial charge < -0.3 is 4.40 Å². The van der Waals surface area contributed by atoms with E-state index in [1.54, 1.807) is 6.20 Å². The number of aromatic nitrogens is 3. The number of imidazole rings is 1. The molecule has 0 saturated carbocycles. The fourth-order valence-corrected chi connectivity index (χ4v) is 2.72. The number of aryl methyl sites for hydroxylation is 1. The summed E-state index contributed by atoms with van der Waals surface area (Å²) in [6.07, 6.45) is 5.63. The Balaban J connectivity index is 1.89. The van der Waals surface area contributed by atoms with Crippen LogP contribution in [0.4, 0.5) is 5.69 Å². The molecule has 4 heterocycles. The smallest absolute Gasteiger partial charge is 0.213 e. The molecule has 0 aliphatic carbocycles. The van der Waals surface area contributed by atoms with E-state index in [-0.39, 0.29) is 0 Å². The molecule has 3 aromatic rings. The third-order valence-corrected chi connectivity index (χ3v) is 3.66. The Morgan fingerprint density at radius 1 is 1.23 bits per heavy atom. The van der Waals surface area contributed by atoms with Crippen molar-refractivity contribution in [2.45, 2.75) is 13.8 Å². The highest BCUT2D eigenvalue weighted by Gasteiger charge is 2.16. The molecule has 5 nitrogen and oxygen atoms in total. The highest BCUT2D eigenvalue weighted by Crippen LogP contribution is 2.23. The number of rotatable bonds is 1. The molecule has 0 amide bonds. The van der Waals surface area contributed by atoms with E-state index < -0.39 is 0 Å². The van der Waals surface area contributed by atoms with E-state index in [0.29, 0.717) is 11.2 Å². The normalized spacial score (nSPS) is 12.7. The van der Waals surface area contributed by atoms with Crippen LogP contribution < -0.4 is 5.46 Å². The number of nitriles is 1. The van der Waals surface area contributed by atoms with Crippen LogP contribution in [-0.2, 0) is 0 Å². The summed E-state index contributed by atoms with van der Waals surface area (Å²) in [5.74, 6) is 0. The van der Waals surface area contributed by atoms with Gasteiger partial charge in [0.25, 0.3) is 0 Å². The molecule has 0 bridgehead atoms. The molecule has 0 fully saturated rings. The number of hydrogen-bond donors (Lipinski definition) is 0. The van der Waals surface area contributed by atoms with Crippen molar-refractivity contribution in [1.82, 2.24) is 14.4 Å². The maximum Gasteiger partial charge on any atom is 0.213 e. The van der Waals surface area contributed by atoms with Gasteiger partial charge in [0.05, 0.1) is 28.8 Å². The molecule has 0 aromatic carbocycles. The molecule has 1 radical (unpaired) electrons. The molecule has 1 aliphatic rings. The van der Waals surface area contributed by atoms with Crippen molar-refractivity contribution >= 4 is 29.7 Å². The van der Waals surface area contributed by atoms with Crippen LogP contribution in [0.25, 0.3) is 16.9 Å². The number of fused-ring (bicyclic) bond motifs is 2. The highest BCUT2D eigenvalue weighted by molar-refractivity contribution is 6.87. The fraction of sp³-hybridized carbons (Fsp3) is 0.125. The first-order valence-electron chi connectivity index (χ1n) is 6.94. The van der Waals surface area contributed by atoms with E-state index in [9.17, 15) is 5.26 Å². The van der Waals surface area contributed by atoms with E-state index in [0.717, 1.165) is 33.7 Å². The van der Waals surface area contributed by atoms with Crippen LogP contribution in [0.5, 0.6) is 0 Å². The summed E-state index contributed by atoms with van der Waals surface area (Å²) in [4.78, 5) is 13.3. The molecule has 3 aromatic heterocycles. The summed E-state index contributed by atoms with van der Waals surface area (Å²) in [7, 11) is 2.03. The van der Waals surface area contributed by atoms with Crippen molar-refractivity contribution in [1.29, 1.82) is 5.26 Å². The average molecular weight is 284 g/mol. The van der Waals surface area contributed by atoms with Gasteiger partial charge in [-0.3, -0.25) is 9.98 Å². The van der Waals surface area contributed by atoms with E-state index in [1.165, 1.54) is 0 Å². The minimum absolute atomic E-state index is 0.546. The van der Waals surface area contributed by atoms with E-state index in [2.05, 4.69) is 21.0 Å². The molecule has 0 atom stereocenters. The van der Waals surface area contributed by atoms with Gasteiger partial charge in [0, 0.05) is 18.0 Å². The molecule has 1 aliphatic heterocycles. The monoisotopic (exact) mass is 284 g/mol. The topological polar surface area (TPSA) is 66.3 Å². The van der Waals surface area contributed by atoms with Gasteiger partial charge in [-0.25, -0.2) is 4.98 Å². The number of nitrogens with zero attached hydrogens (tertiary/aromatic N) is 5. The quantitative estimate of drug-likeness (QED) is 0.642. The summed E-state index contributed by atoms with van der Waals surface area (Å²) < 4.78 is 1.88. The second-order valence-electron chi connectivity index (χ2n) is 5.39. The fourth-order valence-electron chi connectivity index (χ4n) is 2.72. The summed E-state index contributed by atoms with van der Waals surface area (Å²) in [5, 5.41) is 9.36. The van der Waals surface area contributed by atoms with Crippen molar-refractivity contribution < 1.29 is 0 Å². The van der Waals surface area contributed by atoms with Gasteiger partial charge in [0.2, 0.25) is 7.28 Å². The molecule has 4 rings (SSSR count). The summed E-state index contributed by atoms with van der Waals surface area (Å²) in [5.41, 5.74) is 6.75. The second-order valence-corrected chi connectivity index (χ2v) is 5.39. The Hall–Kier alpha value is -2.94. The Kier molecular flexibility index (Phi) is 2.63. The van der Waals surface area contributed by atoms with Gasteiger partial charge in [0.15, 0.2) is 5.65 Å². The standard InChI is InChI=1S/C16H11BN5/c1-9-7-22-8-12(3-11(5-18)16(22)20-9)14-4-13-15(6-19-14)21-10(2)17-13/h3-4,6-8H,1-2H3. The number of hydrogen-bond acceptors (Lipinski definition) is 4. The highest BCUT2D eigenvalue weighted by atomic mass is 15.0. The lowest BCUT2D eigenvalue weighted by molar-refractivity contribution is 1.17. The van der Waals surface area contributed by atoms with E-state index in [4.69, 9.17) is 0 Å². The zero-order valence-corrected chi connectivity index (χ0v) is 12.2. The summed E-state index contributed by atoms with van der Waals surface area (Å²) in [6, 6.07) is 6.05. The molecular formula is C16H11BN5. The first-order valence-corrected chi connectivity index (χ1v) is 6.94. The van der Waals surface area contributed by atoms with Crippen LogP contribution >= 0.6 is 0 Å². The minimum Gasteiger partial charge on any atom is -0.305 e.